The lowest BCUT2D eigenvalue weighted by molar-refractivity contribution is -0.108. The maximum atomic E-state index is 10.5. The van der Waals surface area contributed by atoms with Crippen LogP contribution in [0.15, 0.2) is 36.7 Å². The minimum Gasteiger partial charge on any atom is -0.303 e. The van der Waals surface area contributed by atoms with Crippen LogP contribution in [0.25, 0.3) is 10.8 Å². The van der Waals surface area contributed by atoms with Gasteiger partial charge in [-0.1, -0.05) is 31.2 Å². The van der Waals surface area contributed by atoms with Crippen molar-refractivity contribution in [3.63, 3.8) is 0 Å². The van der Waals surface area contributed by atoms with Crippen molar-refractivity contribution < 1.29 is 4.79 Å². The summed E-state index contributed by atoms with van der Waals surface area (Å²) in [4.78, 5) is 14.7. The van der Waals surface area contributed by atoms with Crippen LogP contribution in [0.5, 0.6) is 0 Å². The van der Waals surface area contributed by atoms with Crippen LogP contribution in [-0.2, 0) is 4.79 Å². The molecule has 1 heterocycles. The monoisotopic (exact) mass is 199 g/mol. The maximum Gasteiger partial charge on any atom is 0.120 e. The number of nitrogens with zero attached hydrogens (tertiary/aromatic N) is 1. The van der Waals surface area contributed by atoms with Crippen LogP contribution in [0.4, 0.5) is 0 Å². The van der Waals surface area contributed by atoms with Crippen LogP contribution < -0.4 is 0 Å². The third kappa shape index (κ3) is 1.89. The number of aldehydes is 1. The topological polar surface area (TPSA) is 30.0 Å². The highest BCUT2D eigenvalue weighted by Gasteiger charge is 2.08. The van der Waals surface area contributed by atoms with E-state index < -0.39 is 0 Å². The predicted molar refractivity (Wildman–Crippen MR) is 60.8 cm³/mol. The van der Waals surface area contributed by atoms with Crippen molar-refractivity contribution in [2.45, 2.75) is 19.3 Å². The van der Waals surface area contributed by atoms with Gasteiger partial charge in [-0.15, -0.1) is 0 Å². The molecular formula is C13H13NO. The molecule has 76 valence electrons. The Morgan fingerprint density at radius 1 is 1.33 bits per heavy atom. The largest absolute Gasteiger partial charge is 0.303 e. The summed E-state index contributed by atoms with van der Waals surface area (Å²) < 4.78 is 0. The number of hydrogen-bond acceptors (Lipinski definition) is 2. The van der Waals surface area contributed by atoms with Crippen LogP contribution in [0.2, 0.25) is 0 Å². The molecule has 0 saturated carbocycles. The van der Waals surface area contributed by atoms with Gasteiger partial charge in [-0.25, -0.2) is 0 Å². The number of fused-ring (bicyclic) bond motifs is 1. The molecule has 1 aromatic carbocycles. The Morgan fingerprint density at radius 2 is 2.13 bits per heavy atom. The van der Waals surface area contributed by atoms with Crippen LogP contribution in [0.1, 0.15) is 24.8 Å². The normalized spacial score (nSPS) is 12.6. The molecule has 2 heteroatoms. The standard InChI is InChI=1S/C13H13NO/c1-10(6-7-15)13-9-14-8-11-4-2-3-5-12(11)13/h2-5,7-10H,6H2,1H3. The molecule has 0 aliphatic heterocycles. The van der Waals surface area contributed by atoms with Crippen molar-refractivity contribution in [1.82, 2.24) is 4.98 Å². The molecule has 15 heavy (non-hydrogen) atoms. The van der Waals surface area contributed by atoms with Crippen molar-refractivity contribution in [2.24, 2.45) is 0 Å². The number of pyridine rings is 1. The number of benzene rings is 1. The van der Waals surface area contributed by atoms with Crippen LogP contribution >= 0.6 is 0 Å². The smallest absolute Gasteiger partial charge is 0.120 e. The molecule has 2 nitrogen and oxygen atoms in total. The van der Waals surface area contributed by atoms with Gasteiger partial charge in [0.15, 0.2) is 0 Å². The van der Waals surface area contributed by atoms with E-state index >= 15 is 0 Å². The summed E-state index contributed by atoms with van der Waals surface area (Å²) in [7, 11) is 0. The Labute approximate surface area is 89.0 Å². The third-order valence-electron chi connectivity index (χ3n) is 2.68. The van der Waals surface area contributed by atoms with Gasteiger partial charge in [0.25, 0.3) is 0 Å². The zero-order valence-corrected chi connectivity index (χ0v) is 8.68. The van der Waals surface area contributed by atoms with Gasteiger partial charge < -0.3 is 4.79 Å². The number of hydrogen-bond donors (Lipinski definition) is 0. The van der Waals surface area contributed by atoms with Crippen molar-refractivity contribution >= 4 is 17.1 Å². The highest BCUT2D eigenvalue weighted by molar-refractivity contribution is 5.85. The highest BCUT2D eigenvalue weighted by Crippen LogP contribution is 2.25. The number of aromatic nitrogens is 1. The zero-order chi connectivity index (χ0) is 10.7. The zero-order valence-electron chi connectivity index (χ0n) is 8.68. The fourth-order valence-corrected chi connectivity index (χ4v) is 1.80. The first-order valence-electron chi connectivity index (χ1n) is 5.09. The fraction of sp³-hybridized carbons (Fsp3) is 0.231. The maximum absolute atomic E-state index is 10.5. The lowest BCUT2D eigenvalue weighted by Gasteiger charge is -2.10. The van der Waals surface area contributed by atoms with Gasteiger partial charge >= 0.3 is 0 Å². The molecular weight excluding hydrogens is 186 g/mol. The van der Waals surface area contributed by atoms with Crippen molar-refractivity contribution in [2.75, 3.05) is 0 Å². The van der Waals surface area contributed by atoms with E-state index in [1.54, 1.807) is 0 Å². The van der Waals surface area contributed by atoms with Crippen LogP contribution in [0.3, 0.4) is 0 Å². The molecule has 1 atom stereocenters. The molecule has 0 aliphatic carbocycles. The number of carbonyl (C=O) groups is 1. The molecule has 0 N–H and O–H groups in total. The van der Waals surface area contributed by atoms with Gasteiger partial charge in [-0.2, -0.15) is 0 Å². The Kier molecular flexibility index (Phi) is 2.77. The molecule has 0 spiro atoms. The Bertz CT molecular complexity index is 473. The Hall–Kier alpha value is -1.70. The summed E-state index contributed by atoms with van der Waals surface area (Å²) in [6.07, 6.45) is 5.23. The van der Waals surface area contributed by atoms with E-state index in [4.69, 9.17) is 0 Å². The van der Waals surface area contributed by atoms with Gasteiger partial charge in [-0.05, 0) is 16.9 Å². The van der Waals surface area contributed by atoms with Gasteiger partial charge in [0.2, 0.25) is 0 Å². The second-order valence-corrected chi connectivity index (χ2v) is 3.75. The summed E-state index contributed by atoms with van der Waals surface area (Å²) >= 11 is 0. The molecule has 0 radical (unpaired) electrons. The SMILES string of the molecule is CC(CC=O)c1cncc2ccccc12. The van der Waals surface area contributed by atoms with Crippen LogP contribution in [0, 0.1) is 0 Å². The summed E-state index contributed by atoms with van der Waals surface area (Å²) in [5.74, 6) is 0.237. The molecule has 0 bridgehead atoms. The van der Waals surface area contributed by atoms with E-state index in [1.165, 1.54) is 5.39 Å². The number of rotatable bonds is 3. The minimum atomic E-state index is 0.237. The quantitative estimate of drug-likeness (QED) is 0.711. The van der Waals surface area contributed by atoms with E-state index in [-0.39, 0.29) is 5.92 Å². The highest BCUT2D eigenvalue weighted by atomic mass is 16.1. The van der Waals surface area contributed by atoms with Crippen molar-refractivity contribution in [1.29, 1.82) is 0 Å². The van der Waals surface area contributed by atoms with E-state index in [9.17, 15) is 4.79 Å². The Balaban J connectivity index is 2.55. The summed E-state index contributed by atoms with van der Waals surface area (Å²) in [5, 5.41) is 2.33. The van der Waals surface area contributed by atoms with Gasteiger partial charge in [-0.3, -0.25) is 4.98 Å². The second kappa shape index (κ2) is 4.22. The van der Waals surface area contributed by atoms with E-state index in [0.29, 0.717) is 6.42 Å². The summed E-state index contributed by atoms with van der Waals surface area (Å²) in [6.45, 7) is 2.05. The lowest BCUT2D eigenvalue weighted by Crippen LogP contribution is -1.96. The lowest BCUT2D eigenvalue weighted by atomic mass is 9.95. The van der Waals surface area contributed by atoms with E-state index in [0.717, 1.165) is 17.2 Å². The first-order valence-corrected chi connectivity index (χ1v) is 5.09. The van der Waals surface area contributed by atoms with Crippen LogP contribution in [-0.4, -0.2) is 11.3 Å². The van der Waals surface area contributed by atoms with Gasteiger partial charge in [0.1, 0.15) is 6.29 Å². The molecule has 0 aliphatic rings. The molecule has 0 fully saturated rings. The predicted octanol–water partition coefficient (Wildman–Crippen LogP) is 2.93. The minimum absolute atomic E-state index is 0.237. The van der Waals surface area contributed by atoms with Crippen molar-refractivity contribution in [3.05, 3.63) is 42.2 Å². The molecule has 0 amide bonds. The summed E-state index contributed by atoms with van der Waals surface area (Å²) in [5.41, 5.74) is 1.15. The average Bonchev–Trinajstić information content (AvgIpc) is 2.28. The van der Waals surface area contributed by atoms with E-state index in [2.05, 4.69) is 18.0 Å². The first kappa shape index (κ1) is 9.84. The molecule has 0 saturated heterocycles. The Morgan fingerprint density at radius 3 is 2.93 bits per heavy atom. The van der Waals surface area contributed by atoms with Gasteiger partial charge in [0.05, 0.1) is 0 Å². The molecule has 2 rings (SSSR count). The van der Waals surface area contributed by atoms with Gasteiger partial charge in [0, 0.05) is 24.2 Å². The first-order chi connectivity index (χ1) is 7.33. The summed E-state index contributed by atoms with van der Waals surface area (Å²) in [6, 6.07) is 8.13. The third-order valence-corrected chi connectivity index (χ3v) is 2.68. The second-order valence-electron chi connectivity index (χ2n) is 3.75. The fourth-order valence-electron chi connectivity index (χ4n) is 1.80. The van der Waals surface area contributed by atoms with Crippen molar-refractivity contribution in [3.8, 4) is 0 Å². The average molecular weight is 199 g/mol. The number of carbonyl (C=O) groups excluding carboxylic acids is 1. The molecule has 1 unspecified atom stereocenters. The molecule has 1 aromatic heterocycles. The van der Waals surface area contributed by atoms with E-state index in [1.807, 2.05) is 30.6 Å². The molecule has 2 aromatic rings.